The number of hydrogen-bond acceptors (Lipinski definition) is 4. The number of nitrogens with zero attached hydrogens (tertiary/aromatic N) is 1. The summed E-state index contributed by atoms with van der Waals surface area (Å²) in [5, 5.41) is 19.8. The Morgan fingerprint density at radius 1 is 1.33 bits per heavy atom. The van der Waals surface area contributed by atoms with Crippen molar-refractivity contribution in [3.8, 4) is 16.9 Å². The van der Waals surface area contributed by atoms with Crippen molar-refractivity contribution < 1.29 is 19.4 Å². The Kier molecular flexibility index (Phi) is 6.47. The zero-order valence-corrected chi connectivity index (χ0v) is 16.9. The van der Waals surface area contributed by atoms with E-state index in [4.69, 9.17) is 22.4 Å². The van der Waals surface area contributed by atoms with Crippen LogP contribution in [-0.4, -0.2) is 33.7 Å². The molecule has 3 rings (SSSR count). The number of carboxylic acid groups (broad SMARTS) is 1. The summed E-state index contributed by atoms with van der Waals surface area (Å²) in [5.41, 5.74) is 7.78. The Labute approximate surface area is 179 Å². The van der Waals surface area contributed by atoms with Crippen LogP contribution in [-0.2, 0) is 11.2 Å². The van der Waals surface area contributed by atoms with Crippen LogP contribution in [0.5, 0.6) is 5.75 Å². The van der Waals surface area contributed by atoms with E-state index < -0.39 is 17.8 Å². The van der Waals surface area contributed by atoms with Crippen LogP contribution in [0.2, 0.25) is 5.02 Å². The number of aromatic hydroxyl groups is 1. The number of benzene rings is 2. The lowest BCUT2D eigenvalue weighted by Gasteiger charge is -2.40. The highest BCUT2D eigenvalue weighted by molar-refractivity contribution is 6.30. The van der Waals surface area contributed by atoms with E-state index in [2.05, 4.69) is 6.58 Å². The smallest absolute Gasteiger partial charge is 0.326 e. The monoisotopic (exact) mass is 428 g/mol. The van der Waals surface area contributed by atoms with E-state index in [0.29, 0.717) is 40.4 Å². The molecule has 1 saturated heterocycles. The maximum atomic E-state index is 15.2. The minimum atomic E-state index is -0.884. The fraction of sp³-hybridized carbons (Fsp3) is 0.174. The molecule has 156 valence electrons. The number of phenols is 1. The van der Waals surface area contributed by atoms with Crippen molar-refractivity contribution in [1.29, 1.82) is 0 Å². The average Bonchev–Trinajstić information content (AvgIpc) is 2.65. The largest absolute Gasteiger partial charge is 0.507 e. The van der Waals surface area contributed by atoms with Gasteiger partial charge in [0.15, 0.2) is 0 Å². The third kappa shape index (κ3) is 4.49. The molecule has 0 unspecified atom stereocenters. The third-order valence-corrected chi connectivity index (χ3v) is 5.32. The molecule has 5 nitrogen and oxygen atoms in total. The van der Waals surface area contributed by atoms with Gasteiger partial charge in [-0.3, -0.25) is 0 Å². The molecule has 0 radical (unpaired) electrons. The van der Waals surface area contributed by atoms with E-state index in [-0.39, 0.29) is 17.7 Å². The van der Waals surface area contributed by atoms with Crippen molar-refractivity contribution in [2.75, 3.05) is 6.54 Å². The SMILES string of the molecule is C=C(/C=C\C(=C/N)Cc1ccc(O)c(-c2cccc(Cl)c2)c1F)N1CC[C@@H]1C(=O)O. The lowest BCUT2D eigenvalue weighted by Crippen LogP contribution is -2.50. The molecule has 2 aromatic carbocycles. The van der Waals surface area contributed by atoms with Crippen molar-refractivity contribution >= 4 is 17.6 Å². The molecule has 0 amide bonds. The lowest BCUT2D eigenvalue weighted by molar-refractivity contribution is -0.146. The summed E-state index contributed by atoms with van der Waals surface area (Å²) in [6, 6.07) is 8.97. The molecule has 1 aliphatic rings. The summed E-state index contributed by atoms with van der Waals surface area (Å²) in [6.07, 6.45) is 5.48. The normalized spacial score (nSPS) is 16.5. The number of aliphatic carboxylic acids is 1. The van der Waals surface area contributed by atoms with Gasteiger partial charge in [-0.05, 0) is 53.6 Å². The molecule has 7 heteroatoms. The molecule has 4 N–H and O–H groups in total. The molecule has 2 aromatic rings. The zero-order valence-electron chi connectivity index (χ0n) is 16.2. The minimum absolute atomic E-state index is 0.0737. The number of allylic oxidation sites excluding steroid dienone is 3. The van der Waals surface area contributed by atoms with Gasteiger partial charge in [0.1, 0.15) is 17.6 Å². The number of likely N-dealkylation sites (tertiary alicyclic amines) is 1. The van der Waals surface area contributed by atoms with Gasteiger partial charge in [-0.1, -0.05) is 42.5 Å². The van der Waals surface area contributed by atoms with Gasteiger partial charge in [-0.15, -0.1) is 0 Å². The highest BCUT2D eigenvalue weighted by Gasteiger charge is 2.33. The molecule has 0 bridgehead atoms. The Balaban J connectivity index is 1.80. The Bertz CT molecular complexity index is 1050. The van der Waals surface area contributed by atoms with Crippen LogP contribution >= 0.6 is 11.6 Å². The number of nitrogens with two attached hydrogens (primary N) is 1. The summed E-state index contributed by atoms with van der Waals surface area (Å²) >= 11 is 6.00. The van der Waals surface area contributed by atoms with E-state index in [1.807, 2.05) is 0 Å². The van der Waals surface area contributed by atoms with Gasteiger partial charge in [0.2, 0.25) is 0 Å². The Morgan fingerprint density at radius 2 is 2.10 bits per heavy atom. The molecule has 0 aromatic heterocycles. The first-order valence-corrected chi connectivity index (χ1v) is 9.73. The van der Waals surface area contributed by atoms with Crippen molar-refractivity contribution in [1.82, 2.24) is 4.90 Å². The van der Waals surface area contributed by atoms with Gasteiger partial charge < -0.3 is 20.8 Å². The second-order valence-electron chi connectivity index (χ2n) is 7.02. The predicted octanol–water partition coefficient (Wildman–Crippen LogP) is 4.47. The fourth-order valence-corrected chi connectivity index (χ4v) is 3.53. The van der Waals surface area contributed by atoms with E-state index in [9.17, 15) is 9.90 Å². The molecule has 1 fully saturated rings. The van der Waals surface area contributed by atoms with Crippen LogP contribution in [0.1, 0.15) is 12.0 Å². The molecular weight excluding hydrogens is 407 g/mol. The van der Waals surface area contributed by atoms with Crippen molar-refractivity contribution in [2.45, 2.75) is 18.9 Å². The summed E-state index contributed by atoms with van der Waals surface area (Å²) < 4.78 is 15.2. The first-order chi connectivity index (χ1) is 14.3. The number of hydrogen-bond donors (Lipinski definition) is 3. The number of phenolic OH excluding ortho intramolecular Hbond substituents is 1. The number of carboxylic acids is 1. The maximum Gasteiger partial charge on any atom is 0.326 e. The van der Waals surface area contributed by atoms with Crippen LogP contribution in [0, 0.1) is 5.82 Å². The standard InChI is InChI=1S/C23H22ClFN2O3/c1-14(27-10-9-19(27)23(29)30)5-6-15(13-26)11-17-7-8-20(28)21(22(17)25)16-3-2-4-18(24)12-16/h2-8,12-13,19,28H,1,9-11,26H2,(H,29,30)/b6-5-,15-13+/t19-/m1/s1. The van der Waals surface area contributed by atoms with E-state index in [1.54, 1.807) is 41.3 Å². The molecule has 1 atom stereocenters. The van der Waals surface area contributed by atoms with Crippen LogP contribution in [0.15, 0.2) is 72.6 Å². The van der Waals surface area contributed by atoms with Crippen LogP contribution in [0.25, 0.3) is 11.1 Å². The molecule has 1 heterocycles. The first kappa shape index (κ1) is 21.5. The average molecular weight is 429 g/mol. The predicted molar refractivity (Wildman–Crippen MR) is 116 cm³/mol. The van der Waals surface area contributed by atoms with E-state index in [1.165, 1.54) is 18.3 Å². The Morgan fingerprint density at radius 3 is 2.70 bits per heavy atom. The molecule has 0 spiro atoms. The fourth-order valence-electron chi connectivity index (χ4n) is 3.34. The minimum Gasteiger partial charge on any atom is -0.507 e. The summed E-state index contributed by atoms with van der Waals surface area (Å²) in [7, 11) is 0. The zero-order chi connectivity index (χ0) is 21.8. The maximum absolute atomic E-state index is 15.2. The number of carbonyl (C=O) groups is 1. The number of rotatable bonds is 7. The van der Waals surface area contributed by atoms with Crippen molar-refractivity contribution in [2.24, 2.45) is 5.73 Å². The quantitative estimate of drug-likeness (QED) is 0.566. The highest BCUT2D eigenvalue weighted by atomic mass is 35.5. The molecule has 30 heavy (non-hydrogen) atoms. The van der Waals surface area contributed by atoms with Gasteiger partial charge in [0, 0.05) is 23.7 Å². The molecule has 0 saturated carbocycles. The van der Waals surface area contributed by atoms with Gasteiger partial charge in [0.05, 0.1) is 5.56 Å². The second kappa shape index (κ2) is 9.05. The molecular formula is C23H22ClFN2O3. The van der Waals surface area contributed by atoms with Crippen LogP contribution in [0.4, 0.5) is 4.39 Å². The van der Waals surface area contributed by atoms with Crippen LogP contribution in [0.3, 0.4) is 0 Å². The van der Waals surface area contributed by atoms with Gasteiger partial charge >= 0.3 is 5.97 Å². The lowest BCUT2D eigenvalue weighted by atomic mass is 9.97. The topological polar surface area (TPSA) is 86.8 Å². The first-order valence-electron chi connectivity index (χ1n) is 9.35. The Hall–Kier alpha value is -3.25. The number of halogens is 2. The third-order valence-electron chi connectivity index (χ3n) is 5.09. The molecule has 0 aliphatic carbocycles. The van der Waals surface area contributed by atoms with E-state index in [0.717, 1.165) is 0 Å². The summed E-state index contributed by atoms with van der Waals surface area (Å²) in [4.78, 5) is 12.8. The van der Waals surface area contributed by atoms with Crippen molar-refractivity contribution in [3.63, 3.8) is 0 Å². The van der Waals surface area contributed by atoms with Gasteiger partial charge in [-0.25, -0.2) is 9.18 Å². The summed E-state index contributed by atoms with van der Waals surface area (Å²) in [5.74, 6) is -1.62. The van der Waals surface area contributed by atoms with Gasteiger partial charge in [-0.2, -0.15) is 0 Å². The highest BCUT2D eigenvalue weighted by Crippen LogP contribution is 2.35. The van der Waals surface area contributed by atoms with Crippen LogP contribution < -0.4 is 5.73 Å². The molecule has 1 aliphatic heterocycles. The second-order valence-corrected chi connectivity index (χ2v) is 7.46. The summed E-state index contributed by atoms with van der Waals surface area (Å²) in [6.45, 7) is 4.52. The van der Waals surface area contributed by atoms with Crippen molar-refractivity contribution in [3.05, 3.63) is 89.0 Å². The van der Waals surface area contributed by atoms with E-state index >= 15 is 4.39 Å². The van der Waals surface area contributed by atoms with Gasteiger partial charge in [0.25, 0.3) is 0 Å².